The number of nitrogens with zero attached hydrogens (tertiary/aromatic N) is 1. The van der Waals surface area contributed by atoms with Gasteiger partial charge in [0.25, 0.3) is 5.91 Å². The number of hydrogen-bond acceptors (Lipinski definition) is 4. The van der Waals surface area contributed by atoms with E-state index in [0.717, 1.165) is 0 Å². The van der Waals surface area contributed by atoms with Gasteiger partial charge < -0.3 is 15.1 Å². The second-order valence-corrected chi connectivity index (χ2v) is 5.02. The van der Waals surface area contributed by atoms with Crippen molar-refractivity contribution in [2.75, 3.05) is 7.05 Å². The van der Waals surface area contributed by atoms with E-state index in [9.17, 15) is 19.8 Å². The number of rotatable bonds is 5. The fraction of sp³-hybridized carbons (Fsp3) is 0.467. The van der Waals surface area contributed by atoms with Crippen LogP contribution in [0.15, 0.2) is 36.5 Å². The quantitative estimate of drug-likeness (QED) is 0.340. The predicted octanol–water partition coefficient (Wildman–Crippen LogP) is 0.936. The Morgan fingerprint density at radius 3 is 2.20 bits per heavy atom. The molecule has 1 rings (SSSR count). The molecule has 1 amide bonds. The molecule has 1 aliphatic carbocycles. The van der Waals surface area contributed by atoms with Crippen molar-refractivity contribution < 1.29 is 19.8 Å². The topological polar surface area (TPSA) is 77.8 Å². The molecule has 2 N–H and O–H groups in total. The Morgan fingerprint density at radius 1 is 1.25 bits per heavy atom. The molecule has 0 saturated heterocycles. The predicted molar refractivity (Wildman–Crippen MR) is 75.7 cm³/mol. The molecule has 0 atom stereocenters. The number of hydrogen-bond donors (Lipinski definition) is 2. The third-order valence-electron chi connectivity index (χ3n) is 3.72. The minimum Gasteiger partial charge on any atom is -0.366 e. The minimum absolute atomic E-state index is 0.0809. The molecule has 5 nitrogen and oxygen atoms in total. The number of allylic oxidation sites excluding steroid dienone is 2. The average Bonchev–Trinajstić information content (AvgIpc) is 2.43. The summed E-state index contributed by atoms with van der Waals surface area (Å²) in [6, 6.07) is -0.0809. The highest BCUT2D eigenvalue weighted by Gasteiger charge is 2.34. The van der Waals surface area contributed by atoms with Crippen molar-refractivity contribution >= 4 is 12.2 Å². The molecule has 0 radical (unpaired) electrons. The third kappa shape index (κ3) is 3.65. The van der Waals surface area contributed by atoms with Crippen molar-refractivity contribution in [2.45, 2.75) is 37.5 Å². The highest BCUT2D eigenvalue weighted by molar-refractivity contribution is 6.02. The molecule has 0 bridgehead atoms. The van der Waals surface area contributed by atoms with Crippen molar-refractivity contribution in [3.63, 3.8) is 0 Å². The van der Waals surface area contributed by atoms with E-state index in [2.05, 4.69) is 13.2 Å². The zero-order valence-electron chi connectivity index (χ0n) is 11.7. The van der Waals surface area contributed by atoms with Crippen molar-refractivity contribution in [2.24, 2.45) is 0 Å². The van der Waals surface area contributed by atoms with Gasteiger partial charge in [-0.1, -0.05) is 25.3 Å². The molecule has 0 aromatic carbocycles. The maximum atomic E-state index is 12.4. The first-order chi connectivity index (χ1) is 9.36. The van der Waals surface area contributed by atoms with Crippen LogP contribution in [-0.4, -0.2) is 46.2 Å². The molecular formula is C15H21NO4. The van der Waals surface area contributed by atoms with Crippen LogP contribution >= 0.6 is 0 Å². The fourth-order valence-corrected chi connectivity index (χ4v) is 2.36. The molecule has 0 spiro atoms. The van der Waals surface area contributed by atoms with Crippen LogP contribution in [0.2, 0.25) is 0 Å². The van der Waals surface area contributed by atoms with Crippen molar-refractivity contribution in [3.05, 3.63) is 36.5 Å². The lowest BCUT2D eigenvalue weighted by Crippen LogP contribution is -2.44. The van der Waals surface area contributed by atoms with E-state index in [1.54, 1.807) is 7.05 Å². The number of likely N-dealkylation sites (N-methyl/N-ethyl adjacent to an activating group) is 1. The molecule has 1 saturated carbocycles. The molecule has 0 aromatic rings. The standard InChI is InChI=1S/C15H21NO4/c1-4-11(10-17)13(5-2)14(18)16(3)12-6-8-15(19,20)9-7-12/h4-5,10,12,19-20H,1-2,6-9H2,3H3/b13-11-. The molecular weight excluding hydrogens is 258 g/mol. The Bertz CT molecular complexity index is 431. The Morgan fingerprint density at radius 2 is 1.80 bits per heavy atom. The van der Waals surface area contributed by atoms with Gasteiger partial charge in [-0.15, -0.1) is 0 Å². The van der Waals surface area contributed by atoms with Crippen molar-refractivity contribution in [3.8, 4) is 0 Å². The largest absolute Gasteiger partial charge is 0.366 e. The van der Waals surface area contributed by atoms with E-state index in [4.69, 9.17) is 0 Å². The van der Waals surface area contributed by atoms with Gasteiger partial charge in [0.15, 0.2) is 12.1 Å². The summed E-state index contributed by atoms with van der Waals surface area (Å²) in [5.74, 6) is -1.94. The second kappa shape index (κ2) is 6.63. The lowest BCUT2D eigenvalue weighted by molar-refractivity contribution is -0.187. The van der Waals surface area contributed by atoms with Crippen LogP contribution < -0.4 is 0 Å². The highest BCUT2D eigenvalue weighted by Crippen LogP contribution is 2.29. The van der Waals surface area contributed by atoms with Crippen molar-refractivity contribution in [1.29, 1.82) is 0 Å². The number of aldehydes is 1. The van der Waals surface area contributed by atoms with Gasteiger partial charge in [-0.3, -0.25) is 9.59 Å². The number of amides is 1. The van der Waals surface area contributed by atoms with Crippen LogP contribution in [0.4, 0.5) is 0 Å². The lowest BCUT2D eigenvalue weighted by atomic mass is 9.89. The molecule has 0 unspecified atom stereocenters. The van der Waals surface area contributed by atoms with Crippen molar-refractivity contribution in [1.82, 2.24) is 4.90 Å². The first-order valence-electron chi connectivity index (χ1n) is 6.52. The van der Waals surface area contributed by atoms with Gasteiger partial charge in [-0.2, -0.15) is 0 Å². The van der Waals surface area contributed by atoms with Gasteiger partial charge in [0.05, 0.1) is 0 Å². The summed E-state index contributed by atoms with van der Waals surface area (Å²) in [5, 5.41) is 19.0. The normalized spacial score (nSPS) is 19.8. The smallest absolute Gasteiger partial charge is 0.254 e. The maximum Gasteiger partial charge on any atom is 0.254 e. The van der Waals surface area contributed by atoms with Crippen LogP contribution in [0.3, 0.4) is 0 Å². The van der Waals surface area contributed by atoms with Gasteiger partial charge in [0.1, 0.15) is 0 Å². The van der Waals surface area contributed by atoms with Gasteiger partial charge >= 0.3 is 0 Å². The van der Waals surface area contributed by atoms with Gasteiger partial charge in [-0.05, 0) is 12.8 Å². The summed E-state index contributed by atoms with van der Waals surface area (Å²) in [5.41, 5.74) is 0.411. The molecule has 0 aromatic heterocycles. The van der Waals surface area contributed by atoms with Gasteiger partial charge in [-0.25, -0.2) is 0 Å². The molecule has 1 aliphatic rings. The summed E-state index contributed by atoms with van der Waals surface area (Å²) in [7, 11) is 1.64. The second-order valence-electron chi connectivity index (χ2n) is 5.02. The zero-order chi connectivity index (χ0) is 15.3. The Labute approximate surface area is 118 Å². The number of carbonyl (C=O) groups excluding carboxylic acids is 2. The highest BCUT2D eigenvalue weighted by atomic mass is 16.5. The average molecular weight is 279 g/mol. The molecule has 0 heterocycles. The molecule has 0 aliphatic heterocycles. The molecule has 20 heavy (non-hydrogen) atoms. The van der Waals surface area contributed by atoms with E-state index in [1.165, 1.54) is 17.1 Å². The molecule has 5 heteroatoms. The fourth-order valence-electron chi connectivity index (χ4n) is 2.36. The van der Waals surface area contributed by atoms with Crippen LogP contribution in [0.1, 0.15) is 25.7 Å². The van der Waals surface area contributed by atoms with Crippen LogP contribution in [0.25, 0.3) is 0 Å². The zero-order valence-corrected chi connectivity index (χ0v) is 11.7. The molecule has 1 fully saturated rings. The SMILES string of the molecule is C=C/C(C=O)=C(\C=C)C(=O)N(C)C1CCC(O)(O)CC1. The van der Waals surface area contributed by atoms with Crippen LogP contribution in [0.5, 0.6) is 0 Å². The molecule has 110 valence electrons. The van der Waals surface area contributed by atoms with E-state index in [-0.39, 0.29) is 35.9 Å². The van der Waals surface area contributed by atoms with Gasteiger partial charge in [0.2, 0.25) is 0 Å². The summed E-state index contributed by atoms with van der Waals surface area (Å²) in [6.07, 6.45) is 4.70. The number of carbonyl (C=O) groups is 2. The van der Waals surface area contributed by atoms with E-state index >= 15 is 0 Å². The van der Waals surface area contributed by atoms with E-state index < -0.39 is 5.79 Å². The van der Waals surface area contributed by atoms with Crippen LogP contribution in [-0.2, 0) is 9.59 Å². The van der Waals surface area contributed by atoms with Crippen LogP contribution in [0, 0.1) is 0 Å². The lowest BCUT2D eigenvalue weighted by Gasteiger charge is -2.36. The summed E-state index contributed by atoms with van der Waals surface area (Å²) in [4.78, 5) is 24.8. The Hall–Kier alpha value is -1.72. The van der Waals surface area contributed by atoms with Gasteiger partial charge in [0, 0.05) is 37.1 Å². The van der Waals surface area contributed by atoms with E-state index in [0.29, 0.717) is 19.1 Å². The number of aliphatic hydroxyl groups is 2. The summed E-state index contributed by atoms with van der Waals surface area (Å²) in [6.45, 7) is 7.06. The monoisotopic (exact) mass is 279 g/mol. The maximum absolute atomic E-state index is 12.4. The first-order valence-corrected chi connectivity index (χ1v) is 6.52. The van der Waals surface area contributed by atoms with E-state index in [1.807, 2.05) is 0 Å². The summed E-state index contributed by atoms with van der Waals surface area (Å²) >= 11 is 0. The Balaban J connectivity index is 2.86. The Kier molecular flexibility index (Phi) is 5.42. The third-order valence-corrected chi connectivity index (χ3v) is 3.72. The first kappa shape index (κ1) is 16.3. The minimum atomic E-state index is -1.63. The summed E-state index contributed by atoms with van der Waals surface area (Å²) < 4.78 is 0.